The Hall–Kier alpha value is -2.80. The molecule has 7 heteroatoms. The Morgan fingerprint density at radius 3 is 2.67 bits per heavy atom. The molecule has 2 atom stereocenters. The van der Waals surface area contributed by atoms with E-state index >= 15 is 0 Å². The van der Waals surface area contributed by atoms with E-state index < -0.39 is 29.8 Å². The second-order valence-electron chi connectivity index (χ2n) is 6.57. The maximum absolute atomic E-state index is 13.2. The summed E-state index contributed by atoms with van der Waals surface area (Å²) in [5.41, 5.74) is 2.29. The molecule has 1 aliphatic rings. The second-order valence-corrected chi connectivity index (χ2v) is 6.57. The molecular weight excluding hydrogens is 357 g/mol. The number of carbonyl (C=O) groups excluding carboxylic acids is 1. The first-order chi connectivity index (χ1) is 12.9. The van der Waals surface area contributed by atoms with E-state index in [0.717, 1.165) is 34.3 Å². The lowest BCUT2D eigenvalue weighted by Crippen LogP contribution is -2.45. The SMILES string of the molecule is COC(=O)C1Cc2c([nH]c3ccccc23)C(c2cccc(C(F)(F)F)c2)N1. The highest BCUT2D eigenvalue weighted by atomic mass is 19.4. The molecule has 0 spiro atoms. The molecule has 0 radical (unpaired) electrons. The summed E-state index contributed by atoms with van der Waals surface area (Å²) in [7, 11) is 1.30. The standard InChI is InChI=1S/C20H17F3N2O2/c1-27-19(26)16-10-14-13-7-2-3-8-15(13)24-18(14)17(25-16)11-5-4-6-12(9-11)20(21,22)23/h2-9,16-17,24-25H,10H2,1H3. The van der Waals surface area contributed by atoms with Gasteiger partial charge in [0.2, 0.25) is 0 Å². The highest BCUT2D eigenvalue weighted by Crippen LogP contribution is 2.37. The Morgan fingerprint density at radius 1 is 1.15 bits per heavy atom. The largest absolute Gasteiger partial charge is 0.468 e. The number of H-pyrrole nitrogens is 1. The van der Waals surface area contributed by atoms with Crippen molar-refractivity contribution in [1.29, 1.82) is 0 Å². The summed E-state index contributed by atoms with van der Waals surface area (Å²) in [6.07, 6.45) is -4.03. The Morgan fingerprint density at radius 2 is 1.93 bits per heavy atom. The lowest BCUT2D eigenvalue weighted by Gasteiger charge is -2.30. The molecule has 4 rings (SSSR count). The van der Waals surface area contributed by atoms with Crippen LogP contribution in [0.15, 0.2) is 48.5 Å². The smallest absolute Gasteiger partial charge is 0.416 e. The third-order valence-corrected chi connectivity index (χ3v) is 4.94. The van der Waals surface area contributed by atoms with Crippen LogP contribution >= 0.6 is 0 Å². The van der Waals surface area contributed by atoms with Crippen molar-refractivity contribution in [3.8, 4) is 0 Å². The zero-order chi connectivity index (χ0) is 19.2. The molecule has 2 N–H and O–H groups in total. The Kier molecular flexibility index (Phi) is 4.19. The van der Waals surface area contributed by atoms with Gasteiger partial charge < -0.3 is 9.72 Å². The van der Waals surface area contributed by atoms with Crippen LogP contribution in [0.4, 0.5) is 13.2 Å². The van der Waals surface area contributed by atoms with Gasteiger partial charge in [0.25, 0.3) is 0 Å². The van der Waals surface area contributed by atoms with Gasteiger partial charge in [-0.25, -0.2) is 0 Å². The molecule has 0 amide bonds. The Bertz CT molecular complexity index is 1010. The van der Waals surface area contributed by atoms with Gasteiger partial charge >= 0.3 is 12.1 Å². The van der Waals surface area contributed by atoms with Crippen LogP contribution < -0.4 is 5.32 Å². The number of rotatable bonds is 2. The van der Waals surface area contributed by atoms with Gasteiger partial charge in [0.1, 0.15) is 6.04 Å². The maximum atomic E-state index is 13.2. The number of carbonyl (C=O) groups is 1. The van der Waals surface area contributed by atoms with E-state index in [-0.39, 0.29) is 0 Å². The first kappa shape index (κ1) is 17.6. The summed E-state index contributed by atoms with van der Waals surface area (Å²) in [5.74, 6) is -0.442. The van der Waals surface area contributed by atoms with Crippen LogP contribution in [0.5, 0.6) is 0 Å². The van der Waals surface area contributed by atoms with Crippen LogP contribution in [0, 0.1) is 0 Å². The van der Waals surface area contributed by atoms with Crippen molar-refractivity contribution in [3.63, 3.8) is 0 Å². The maximum Gasteiger partial charge on any atom is 0.416 e. The van der Waals surface area contributed by atoms with Crippen molar-refractivity contribution in [2.45, 2.75) is 24.7 Å². The molecule has 0 aliphatic carbocycles. The van der Waals surface area contributed by atoms with E-state index in [1.807, 2.05) is 24.3 Å². The number of alkyl halides is 3. The van der Waals surface area contributed by atoms with Crippen molar-refractivity contribution >= 4 is 16.9 Å². The van der Waals surface area contributed by atoms with Crippen LogP contribution in [0.25, 0.3) is 10.9 Å². The molecule has 2 heterocycles. The normalized spacial score (nSPS) is 19.7. The van der Waals surface area contributed by atoms with Gasteiger partial charge in [-0.2, -0.15) is 13.2 Å². The molecule has 3 aromatic rings. The van der Waals surface area contributed by atoms with Crippen LogP contribution in [-0.2, 0) is 22.1 Å². The Labute approximate surface area is 153 Å². The van der Waals surface area contributed by atoms with E-state index in [0.29, 0.717) is 12.0 Å². The van der Waals surface area contributed by atoms with Crippen LogP contribution in [0.1, 0.15) is 28.4 Å². The monoisotopic (exact) mass is 374 g/mol. The molecule has 2 aromatic carbocycles. The number of methoxy groups -OCH3 is 1. The molecule has 27 heavy (non-hydrogen) atoms. The number of hydrogen-bond acceptors (Lipinski definition) is 3. The number of hydrogen-bond donors (Lipinski definition) is 2. The van der Waals surface area contributed by atoms with Gasteiger partial charge in [-0.05, 0) is 29.3 Å². The molecule has 0 bridgehead atoms. The lowest BCUT2D eigenvalue weighted by molar-refractivity contribution is -0.143. The van der Waals surface area contributed by atoms with Crippen LogP contribution in [0.3, 0.4) is 0 Å². The third-order valence-electron chi connectivity index (χ3n) is 4.94. The summed E-state index contributed by atoms with van der Waals surface area (Å²) in [5, 5.41) is 4.10. The molecule has 1 aromatic heterocycles. The summed E-state index contributed by atoms with van der Waals surface area (Å²) in [4.78, 5) is 15.5. The molecule has 2 unspecified atom stereocenters. The van der Waals surface area contributed by atoms with Crippen LogP contribution in [0.2, 0.25) is 0 Å². The summed E-state index contributed by atoms with van der Waals surface area (Å²) in [6.45, 7) is 0. The first-order valence-corrected chi connectivity index (χ1v) is 8.49. The molecule has 0 saturated carbocycles. The minimum absolute atomic E-state index is 0.404. The van der Waals surface area contributed by atoms with Crippen LogP contribution in [-0.4, -0.2) is 24.1 Å². The van der Waals surface area contributed by atoms with E-state index in [2.05, 4.69) is 10.3 Å². The van der Waals surface area contributed by atoms with Crippen molar-refractivity contribution < 1.29 is 22.7 Å². The number of aromatic nitrogens is 1. The van der Waals surface area contributed by atoms with Gasteiger partial charge in [-0.1, -0.05) is 30.3 Å². The number of aromatic amines is 1. The number of nitrogens with one attached hydrogen (secondary N) is 2. The fraction of sp³-hybridized carbons (Fsp3) is 0.250. The first-order valence-electron chi connectivity index (χ1n) is 8.49. The topological polar surface area (TPSA) is 54.1 Å². The number of fused-ring (bicyclic) bond motifs is 3. The van der Waals surface area contributed by atoms with Gasteiger partial charge in [-0.3, -0.25) is 10.1 Å². The zero-order valence-corrected chi connectivity index (χ0v) is 14.4. The number of halogens is 3. The summed E-state index contributed by atoms with van der Waals surface area (Å²) in [6, 6.07) is 11.6. The minimum atomic E-state index is -4.43. The van der Waals surface area contributed by atoms with E-state index in [4.69, 9.17) is 4.74 Å². The third kappa shape index (κ3) is 3.08. The van der Waals surface area contributed by atoms with Gasteiger partial charge in [0.15, 0.2) is 0 Å². The molecule has 0 saturated heterocycles. The van der Waals surface area contributed by atoms with Gasteiger partial charge in [0.05, 0.1) is 18.7 Å². The average molecular weight is 374 g/mol. The second kappa shape index (κ2) is 6.42. The van der Waals surface area contributed by atoms with Crippen molar-refractivity contribution in [2.24, 2.45) is 0 Å². The van der Waals surface area contributed by atoms with Gasteiger partial charge in [-0.15, -0.1) is 0 Å². The lowest BCUT2D eigenvalue weighted by atomic mass is 9.89. The van der Waals surface area contributed by atoms with Crippen molar-refractivity contribution in [3.05, 3.63) is 70.9 Å². The van der Waals surface area contributed by atoms with E-state index in [9.17, 15) is 18.0 Å². The fourth-order valence-corrected chi connectivity index (χ4v) is 3.69. The molecular formula is C20H17F3N2O2. The van der Waals surface area contributed by atoms with E-state index in [1.165, 1.54) is 13.2 Å². The van der Waals surface area contributed by atoms with Gasteiger partial charge in [0, 0.05) is 23.0 Å². The molecule has 140 valence electrons. The average Bonchev–Trinajstić information content (AvgIpc) is 3.04. The summed E-state index contributed by atoms with van der Waals surface area (Å²) >= 11 is 0. The fourth-order valence-electron chi connectivity index (χ4n) is 3.69. The molecule has 4 nitrogen and oxygen atoms in total. The quantitative estimate of drug-likeness (QED) is 0.668. The predicted molar refractivity (Wildman–Crippen MR) is 94.2 cm³/mol. The number of ether oxygens (including phenoxy) is 1. The Balaban J connectivity index is 1.86. The zero-order valence-electron chi connectivity index (χ0n) is 14.4. The summed E-state index contributed by atoms with van der Waals surface area (Å²) < 4.78 is 44.3. The highest BCUT2D eigenvalue weighted by Gasteiger charge is 2.36. The van der Waals surface area contributed by atoms with Crippen molar-refractivity contribution in [2.75, 3.05) is 7.11 Å². The molecule has 0 fully saturated rings. The highest BCUT2D eigenvalue weighted by molar-refractivity contribution is 5.87. The number of esters is 1. The minimum Gasteiger partial charge on any atom is -0.468 e. The number of benzene rings is 2. The predicted octanol–water partition coefficient (Wildman–Crippen LogP) is 3.96. The van der Waals surface area contributed by atoms with E-state index in [1.54, 1.807) is 6.07 Å². The number of para-hydroxylation sites is 1. The van der Waals surface area contributed by atoms with Crippen molar-refractivity contribution in [1.82, 2.24) is 10.3 Å². The molecule has 1 aliphatic heterocycles.